The number of esters is 1. The predicted octanol–water partition coefficient (Wildman–Crippen LogP) is 5.56. The molecule has 0 bridgehead atoms. The minimum Gasteiger partial charge on any atom is -0.462 e. The van der Waals surface area contributed by atoms with Gasteiger partial charge in [-0.05, 0) is 67.9 Å². The van der Waals surface area contributed by atoms with E-state index in [1.807, 2.05) is 41.3 Å². The molecule has 0 unspecified atom stereocenters. The van der Waals surface area contributed by atoms with Crippen molar-refractivity contribution in [2.24, 2.45) is 0 Å². The first-order valence-electron chi connectivity index (χ1n) is 11.3. The number of nitrogens with zero attached hydrogens (tertiary/aromatic N) is 1. The fourth-order valence-corrected chi connectivity index (χ4v) is 5.21. The molecule has 1 amide bonds. The Hall–Kier alpha value is -3.23. The number of likely N-dealkylation sites (tertiary alicyclic amines) is 1. The van der Waals surface area contributed by atoms with Gasteiger partial charge in [-0.3, -0.25) is 4.79 Å². The van der Waals surface area contributed by atoms with E-state index in [9.17, 15) is 9.59 Å². The summed E-state index contributed by atoms with van der Waals surface area (Å²) in [6.07, 6.45) is 2.84. The van der Waals surface area contributed by atoms with Crippen molar-refractivity contribution < 1.29 is 14.3 Å². The number of benzene rings is 2. The molecule has 2 heterocycles. The number of anilines is 2. The smallest absolute Gasteiger partial charge is 0.341 e. The topological polar surface area (TPSA) is 70.7 Å². The van der Waals surface area contributed by atoms with Gasteiger partial charge >= 0.3 is 5.97 Å². The van der Waals surface area contributed by atoms with Crippen molar-refractivity contribution in [2.45, 2.75) is 26.2 Å². The van der Waals surface area contributed by atoms with Crippen LogP contribution in [0.3, 0.4) is 0 Å². The van der Waals surface area contributed by atoms with Crippen LogP contribution in [0, 0.1) is 0 Å². The van der Waals surface area contributed by atoms with Gasteiger partial charge in [-0.2, -0.15) is 0 Å². The van der Waals surface area contributed by atoms with Gasteiger partial charge in [-0.25, -0.2) is 4.79 Å². The number of thiophene rings is 1. The van der Waals surface area contributed by atoms with Crippen molar-refractivity contribution in [1.29, 1.82) is 0 Å². The highest BCUT2D eigenvalue weighted by atomic mass is 32.1. The zero-order valence-corrected chi connectivity index (χ0v) is 20.6. The van der Waals surface area contributed by atoms with Gasteiger partial charge in [-0.15, -0.1) is 11.3 Å². The van der Waals surface area contributed by atoms with E-state index < -0.39 is 0 Å². The maximum absolute atomic E-state index is 12.5. The Morgan fingerprint density at radius 3 is 2.41 bits per heavy atom. The molecule has 2 N–H and O–H groups in total. The molecule has 0 saturated carbocycles. The minimum absolute atomic E-state index is 0.0633. The molecule has 6 nitrogen and oxygen atoms in total. The fraction of sp³-hybridized carbons (Fsp3) is 0.269. The van der Waals surface area contributed by atoms with Gasteiger partial charge < -0.3 is 20.3 Å². The van der Waals surface area contributed by atoms with Crippen molar-refractivity contribution >= 4 is 51.2 Å². The zero-order chi connectivity index (χ0) is 23.9. The second kappa shape index (κ2) is 11.3. The van der Waals surface area contributed by atoms with Gasteiger partial charge in [0.25, 0.3) is 5.91 Å². The van der Waals surface area contributed by atoms with Crippen LogP contribution in [-0.2, 0) is 11.2 Å². The zero-order valence-electron chi connectivity index (χ0n) is 19.0. The van der Waals surface area contributed by atoms with Gasteiger partial charge in [0, 0.05) is 35.6 Å². The molecule has 1 aliphatic heterocycles. The van der Waals surface area contributed by atoms with E-state index in [0.717, 1.165) is 42.1 Å². The van der Waals surface area contributed by atoms with Crippen LogP contribution in [0.4, 0.5) is 10.7 Å². The lowest BCUT2D eigenvalue weighted by atomic mass is 10.1. The summed E-state index contributed by atoms with van der Waals surface area (Å²) >= 11 is 6.98. The lowest BCUT2D eigenvalue weighted by Gasteiger charge is -2.15. The van der Waals surface area contributed by atoms with Gasteiger partial charge in [-0.1, -0.05) is 30.3 Å². The number of amides is 1. The maximum atomic E-state index is 12.5. The normalized spacial score (nSPS) is 12.9. The maximum Gasteiger partial charge on any atom is 0.341 e. The van der Waals surface area contributed by atoms with E-state index in [1.165, 1.54) is 11.3 Å². The Morgan fingerprint density at radius 1 is 1.03 bits per heavy atom. The van der Waals surface area contributed by atoms with Crippen LogP contribution >= 0.6 is 23.6 Å². The van der Waals surface area contributed by atoms with Crippen LogP contribution in [-0.4, -0.2) is 41.6 Å². The van der Waals surface area contributed by atoms with E-state index in [2.05, 4.69) is 22.8 Å². The summed E-state index contributed by atoms with van der Waals surface area (Å²) in [5, 5.41) is 7.28. The van der Waals surface area contributed by atoms with Crippen LogP contribution in [0.1, 0.15) is 50.9 Å². The summed E-state index contributed by atoms with van der Waals surface area (Å²) in [6, 6.07) is 19.2. The summed E-state index contributed by atoms with van der Waals surface area (Å²) in [5.41, 5.74) is 3.05. The van der Waals surface area contributed by atoms with E-state index in [4.69, 9.17) is 17.0 Å². The summed E-state index contributed by atoms with van der Waals surface area (Å²) in [4.78, 5) is 28.0. The molecule has 2 aromatic carbocycles. The number of rotatable bonds is 7. The number of hydrogen-bond donors (Lipinski definition) is 2. The van der Waals surface area contributed by atoms with Gasteiger partial charge in [0.05, 0.1) is 12.2 Å². The Balaban J connectivity index is 1.43. The van der Waals surface area contributed by atoms with E-state index in [0.29, 0.717) is 34.3 Å². The Bertz CT molecular complexity index is 1150. The number of ether oxygens (including phenoxy) is 1. The van der Waals surface area contributed by atoms with Crippen LogP contribution < -0.4 is 10.6 Å². The molecule has 1 fully saturated rings. The first kappa shape index (κ1) is 23.9. The largest absolute Gasteiger partial charge is 0.462 e. The van der Waals surface area contributed by atoms with Crippen molar-refractivity contribution in [3.8, 4) is 0 Å². The fourth-order valence-electron chi connectivity index (χ4n) is 3.84. The molecule has 0 atom stereocenters. The number of carbonyl (C=O) groups is 2. The standard InChI is InChI=1S/C26H27N3O3S2/c1-2-32-25(31)22-17-21(16-18-8-4-3-5-9-18)34-23(22)28-26(33)27-20-12-10-19(11-13-20)24(30)29-14-6-7-15-29/h3-5,8-13,17H,2,6-7,14-16H2,1H3,(H2,27,28,33). The van der Waals surface area contributed by atoms with E-state index >= 15 is 0 Å². The van der Waals surface area contributed by atoms with E-state index in [-0.39, 0.29) is 11.9 Å². The molecule has 4 rings (SSSR count). The van der Waals surface area contributed by atoms with Crippen LogP contribution in [0.5, 0.6) is 0 Å². The highest BCUT2D eigenvalue weighted by Gasteiger charge is 2.20. The summed E-state index contributed by atoms with van der Waals surface area (Å²) in [6.45, 7) is 3.73. The molecule has 1 aliphatic rings. The lowest BCUT2D eigenvalue weighted by Crippen LogP contribution is -2.27. The minimum atomic E-state index is -0.381. The second-order valence-corrected chi connectivity index (χ2v) is 9.54. The third-order valence-corrected chi connectivity index (χ3v) is 6.76. The number of nitrogens with one attached hydrogen (secondary N) is 2. The SMILES string of the molecule is CCOC(=O)c1cc(Cc2ccccc2)sc1NC(=S)Nc1ccc(C(=O)N2CCCC2)cc1. The first-order chi connectivity index (χ1) is 16.5. The van der Waals surface area contributed by atoms with Crippen molar-refractivity contribution in [3.63, 3.8) is 0 Å². The average Bonchev–Trinajstić information content (AvgIpc) is 3.50. The Kier molecular flexibility index (Phi) is 7.92. The van der Waals surface area contributed by atoms with E-state index in [1.54, 1.807) is 19.1 Å². The average molecular weight is 494 g/mol. The third kappa shape index (κ3) is 6.01. The molecule has 0 aliphatic carbocycles. The van der Waals surface area contributed by atoms with Gasteiger partial charge in [0.15, 0.2) is 5.11 Å². The first-order valence-corrected chi connectivity index (χ1v) is 12.6. The third-order valence-electron chi connectivity index (χ3n) is 5.51. The summed E-state index contributed by atoms with van der Waals surface area (Å²) in [7, 11) is 0. The van der Waals surface area contributed by atoms with Crippen LogP contribution in [0.15, 0.2) is 60.7 Å². The summed E-state index contributed by atoms with van der Waals surface area (Å²) in [5.74, 6) is -0.318. The molecule has 0 spiro atoms. The Labute approximate surface area is 208 Å². The molecule has 1 saturated heterocycles. The highest BCUT2D eigenvalue weighted by Crippen LogP contribution is 2.31. The molecule has 3 aromatic rings. The molecular weight excluding hydrogens is 466 g/mol. The van der Waals surface area contributed by atoms with Crippen LogP contribution in [0.25, 0.3) is 0 Å². The van der Waals surface area contributed by atoms with Gasteiger partial charge in [0.2, 0.25) is 0 Å². The molecule has 0 radical (unpaired) electrons. The molecule has 176 valence electrons. The van der Waals surface area contributed by atoms with Gasteiger partial charge in [0.1, 0.15) is 5.00 Å². The number of hydrogen-bond acceptors (Lipinski definition) is 5. The molecule has 8 heteroatoms. The molecule has 34 heavy (non-hydrogen) atoms. The number of thiocarbonyl (C=S) groups is 1. The van der Waals surface area contributed by atoms with Crippen LogP contribution in [0.2, 0.25) is 0 Å². The second-order valence-electron chi connectivity index (χ2n) is 7.99. The van der Waals surface area contributed by atoms with Crippen molar-refractivity contribution in [1.82, 2.24) is 4.90 Å². The number of carbonyl (C=O) groups excluding carboxylic acids is 2. The lowest BCUT2D eigenvalue weighted by molar-refractivity contribution is 0.0528. The van der Waals surface area contributed by atoms with Crippen molar-refractivity contribution in [2.75, 3.05) is 30.3 Å². The molecule has 1 aromatic heterocycles. The quantitative estimate of drug-likeness (QED) is 0.332. The molecular formula is C26H27N3O3S2. The summed E-state index contributed by atoms with van der Waals surface area (Å²) < 4.78 is 5.24. The van der Waals surface area contributed by atoms with Crippen molar-refractivity contribution in [3.05, 3.63) is 82.2 Å². The highest BCUT2D eigenvalue weighted by molar-refractivity contribution is 7.80. The predicted molar refractivity (Wildman–Crippen MR) is 141 cm³/mol. The monoisotopic (exact) mass is 493 g/mol. The Morgan fingerprint density at radius 2 is 1.74 bits per heavy atom.